The van der Waals surface area contributed by atoms with Crippen LogP contribution in [-0.2, 0) is 4.79 Å². The van der Waals surface area contributed by atoms with E-state index in [1.54, 1.807) is 0 Å². The van der Waals surface area contributed by atoms with Gasteiger partial charge in [0, 0.05) is 25.0 Å². The molecule has 0 aromatic rings. The van der Waals surface area contributed by atoms with Gasteiger partial charge in [0.25, 0.3) is 0 Å². The van der Waals surface area contributed by atoms with Gasteiger partial charge in [0.1, 0.15) is 5.78 Å². The molecule has 4 unspecified atom stereocenters. The molecule has 2 fully saturated rings. The van der Waals surface area contributed by atoms with Gasteiger partial charge in [0.05, 0.1) is 0 Å². The predicted molar refractivity (Wildman–Crippen MR) is 42.4 cm³/mol. The van der Waals surface area contributed by atoms with Crippen molar-refractivity contribution in [3.8, 4) is 0 Å². The van der Waals surface area contributed by atoms with Gasteiger partial charge in [-0.3, -0.25) is 4.79 Å². The summed E-state index contributed by atoms with van der Waals surface area (Å²) < 4.78 is 0. The average Bonchev–Trinajstić information content (AvgIpc) is 2.98. The predicted octanol–water partition coefficient (Wildman–Crippen LogP) is -0.188. The van der Waals surface area contributed by atoms with Crippen molar-refractivity contribution in [2.75, 3.05) is 13.2 Å². The lowest BCUT2D eigenvalue weighted by molar-refractivity contribution is -0.122. The second-order valence-corrected chi connectivity index (χ2v) is 3.97. The summed E-state index contributed by atoms with van der Waals surface area (Å²) in [5, 5.41) is 17.5. The topological polar surface area (TPSA) is 57.5 Å². The normalized spacial score (nSPS) is 44.2. The Morgan fingerprint density at radius 3 is 1.75 bits per heavy atom. The van der Waals surface area contributed by atoms with Crippen molar-refractivity contribution in [2.45, 2.75) is 12.8 Å². The minimum atomic E-state index is 0.122. The monoisotopic (exact) mass is 170 g/mol. The fourth-order valence-electron chi connectivity index (χ4n) is 1.87. The van der Waals surface area contributed by atoms with Gasteiger partial charge in [-0.05, 0) is 24.7 Å². The first kappa shape index (κ1) is 8.20. The zero-order valence-electron chi connectivity index (χ0n) is 6.94. The molecule has 0 aromatic heterocycles. The number of rotatable bonds is 4. The van der Waals surface area contributed by atoms with E-state index in [2.05, 4.69) is 0 Å². The molecule has 3 heteroatoms. The van der Waals surface area contributed by atoms with E-state index >= 15 is 0 Å². The van der Waals surface area contributed by atoms with Gasteiger partial charge in [0.2, 0.25) is 0 Å². The summed E-state index contributed by atoms with van der Waals surface area (Å²) in [6.45, 7) is 0.292. The Morgan fingerprint density at radius 1 is 1.08 bits per heavy atom. The van der Waals surface area contributed by atoms with Crippen molar-refractivity contribution < 1.29 is 15.0 Å². The molecule has 0 saturated heterocycles. The van der Waals surface area contributed by atoms with E-state index < -0.39 is 0 Å². The molecule has 2 N–H and O–H groups in total. The third kappa shape index (κ3) is 1.27. The lowest BCUT2D eigenvalue weighted by Crippen LogP contribution is -2.08. The summed E-state index contributed by atoms with van der Waals surface area (Å²) in [5.41, 5.74) is 0. The van der Waals surface area contributed by atoms with E-state index in [4.69, 9.17) is 10.2 Å². The van der Waals surface area contributed by atoms with Crippen LogP contribution in [0.3, 0.4) is 0 Å². The van der Waals surface area contributed by atoms with Crippen molar-refractivity contribution in [3.63, 3.8) is 0 Å². The number of aliphatic hydroxyl groups excluding tert-OH is 2. The molecule has 2 rings (SSSR count). The first-order valence-corrected chi connectivity index (χ1v) is 4.53. The third-order valence-electron chi connectivity index (χ3n) is 3.05. The first-order chi connectivity index (χ1) is 5.77. The maximum absolute atomic E-state index is 11.5. The molecule has 68 valence electrons. The van der Waals surface area contributed by atoms with Crippen LogP contribution in [0.2, 0.25) is 0 Å². The summed E-state index contributed by atoms with van der Waals surface area (Å²) in [5.74, 6) is 0.996. The highest BCUT2D eigenvalue weighted by molar-refractivity contribution is 5.88. The highest BCUT2D eigenvalue weighted by atomic mass is 16.3. The van der Waals surface area contributed by atoms with Crippen molar-refractivity contribution in [1.29, 1.82) is 0 Å². The van der Waals surface area contributed by atoms with Crippen LogP contribution < -0.4 is 0 Å². The Balaban J connectivity index is 1.80. The van der Waals surface area contributed by atoms with Gasteiger partial charge in [-0.25, -0.2) is 0 Å². The largest absolute Gasteiger partial charge is 0.396 e. The van der Waals surface area contributed by atoms with Crippen molar-refractivity contribution in [2.24, 2.45) is 23.7 Å². The quantitative estimate of drug-likeness (QED) is 0.615. The molecule has 0 amide bonds. The summed E-state index contributed by atoms with van der Waals surface area (Å²) in [7, 11) is 0. The van der Waals surface area contributed by atoms with Crippen molar-refractivity contribution in [1.82, 2.24) is 0 Å². The van der Waals surface area contributed by atoms with Gasteiger partial charge in [0.15, 0.2) is 0 Å². The fourth-order valence-corrected chi connectivity index (χ4v) is 1.87. The number of carbonyl (C=O) groups excluding carboxylic acids is 1. The van der Waals surface area contributed by atoms with Gasteiger partial charge in [-0.2, -0.15) is 0 Å². The van der Waals surface area contributed by atoms with Crippen LogP contribution in [0, 0.1) is 23.7 Å². The van der Waals surface area contributed by atoms with Crippen LogP contribution in [0.4, 0.5) is 0 Å². The standard InChI is InChI=1S/C9H14O3/c10-3-5-1-7(5)9(12)8-2-6(8)4-11/h5-8,10-11H,1-4H2. The molecule has 0 aromatic carbocycles. The lowest BCUT2D eigenvalue weighted by Gasteiger charge is -1.95. The maximum Gasteiger partial charge on any atom is 0.139 e. The Morgan fingerprint density at radius 2 is 1.50 bits per heavy atom. The highest BCUT2D eigenvalue weighted by Gasteiger charge is 2.51. The zero-order valence-corrected chi connectivity index (χ0v) is 6.94. The van der Waals surface area contributed by atoms with Crippen LogP contribution in [0.5, 0.6) is 0 Å². The Kier molecular flexibility index (Phi) is 1.93. The molecule has 0 radical (unpaired) electrons. The van der Waals surface area contributed by atoms with E-state index in [0.717, 1.165) is 12.8 Å². The van der Waals surface area contributed by atoms with Crippen LogP contribution >= 0.6 is 0 Å². The van der Waals surface area contributed by atoms with Crippen LogP contribution in [0.15, 0.2) is 0 Å². The first-order valence-electron chi connectivity index (χ1n) is 4.53. The molecule has 2 aliphatic carbocycles. The van der Waals surface area contributed by atoms with Crippen molar-refractivity contribution >= 4 is 5.78 Å². The van der Waals surface area contributed by atoms with Crippen molar-refractivity contribution in [3.05, 3.63) is 0 Å². The maximum atomic E-state index is 11.5. The van der Waals surface area contributed by atoms with Crippen LogP contribution in [0.1, 0.15) is 12.8 Å². The van der Waals surface area contributed by atoms with E-state index in [1.807, 2.05) is 0 Å². The number of aliphatic hydroxyl groups is 2. The number of Topliss-reactive ketones (excluding diaryl/α,β-unsaturated/α-hetero) is 1. The summed E-state index contributed by atoms with van der Waals surface area (Å²) in [6.07, 6.45) is 1.73. The molecule has 2 saturated carbocycles. The SMILES string of the molecule is O=C(C1CC1CO)C1CC1CO. The summed E-state index contributed by atoms with van der Waals surface area (Å²) in [4.78, 5) is 11.5. The number of hydrogen-bond acceptors (Lipinski definition) is 3. The fraction of sp³-hybridized carbons (Fsp3) is 0.889. The highest BCUT2D eigenvalue weighted by Crippen LogP contribution is 2.48. The Bertz CT molecular complexity index is 182. The van der Waals surface area contributed by atoms with Gasteiger partial charge >= 0.3 is 0 Å². The van der Waals surface area contributed by atoms with Gasteiger partial charge < -0.3 is 10.2 Å². The van der Waals surface area contributed by atoms with E-state index in [0.29, 0.717) is 0 Å². The summed E-state index contributed by atoms with van der Waals surface area (Å²) >= 11 is 0. The molecule has 3 nitrogen and oxygen atoms in total. The molecule has 12 heavy (non-hydrogen) atoms. The van der Waals surface area contributed by atoms with E-state index in [-0.39, 0.29) is 42.7 Å². The molecule has 2 aliphatic rings. The number of ketones is 1. The number of carbonyl (C=O) groups is 1. The molecular weight excluding hydrogens is 156 g/mol. The minimum absolute atomic E-state index is 0.122. The second-order valence-electron chi connectivity index (χ2n) is 3.97. The molecule has 0 spiro atoms. The molecule has 0 heterocycles. The number of hydrogen-bond donors (Lipinski definition) is 2. The van der Waals surface area contributed by atoms with Gasteiger partial charge in [-0.1, -0.05) is 0 Å². The zero-order chi connectivity index (χ0) is 8.72. The smallest absolute Gasteiger partial charge is 0.139 e. The third-order valence-corrected chi connectivity index (χ3v) is 3.05. The molecule has 4 atom stereocenters. The lowest BCUT2D eigenvalue weighted by atomic mass is 10.1. The average molecular weight is 170 g/mol. The van der Waals surface area contributed by atoms with E-state index in [1.165, 1.54) is 0 Å². The molecule has 0 aliphatic heterocycles. The minimum Gasteiger partial charge on any atom is -0.396 e. The second kappa shape index (κ2) is 2.82. The van der Waals surface area contributed by atoms with Gasteiger partial charge in [-0.15, -0.1) is 0 Å². The Hall–Kier alpha value is -0.410. The molecular formula is C9H14O3. The van der Waals surface area contributed by atoms with E-state index in [9.17, 15) is 4.79 Å². The van der Waals surface area contributed by atoms with Crippen LogP contribution in [0.25, 0.3) is 0 Å². The summed E-state index contributed by atoms with van der Waals surface area (Å²) in [6, 6.07) is 0. The Labute approximate surface area is 71.4 Å². The molecule has 0 bridgehead atoms. The van der Waals surface area contributed by atoms with Crippen LogP contribution in [-0.4, -0.2) is 29.2 Å².